The van der Waals surface area contributed by atoms with Crippen molar-refractivity contribution in [2.24, 2.45) is 0 Å². The van der Waals surface area contributed by atoms with Crippen LogP contribution in [0.3, 0.4) is 0 Å². The van der Waals surface area contributed by atoms with E-state index in [9.17, 15) is 4.79 Å². The maximum absolute atomic E-state index is 11.2. The van der Waals surface area contributed by atoms with Crippen LogP contribution in [0, 0.1) is 0 Å². The van der Waals surface area contributed by atoms with Crippen LogP contribution in [-0.4, -0.2) is 22.0 Å². The lowest BCUT2D eigenvalue weighted by molar-refractivity contribution is -0.116. The first-order chi connectivity index (χ1) is 6.72. The van der Waals surface area contributed by atoms with E-state index in [0.717, 1.165) is 0 Å². The Hall–Kier alpha value is -0.870. The number of rotatable bonds is 4. The highest BCUT2D eigenvalue weighted by atomic mass is 35.5. The van der Waals surface area contributed by atoms with Gasteiger partial charge in [-0.05, 0) is 18.6 Å². The summed E-state index contributed by atoms with van der Waals surface area (Å²) in [5.41, 5.74) is 0. The molecule has 76 valence electrons. The van der Waals surface area contributed by atoms with Crippen molar-refractivity contribution in [3.8, 4) is 0 Å². The molecule has 14 heavy (non-hydrogen) atoms. The smallest absolute Gasteiger partial charge is 0.225 e. The molecular weight excluding hydrogens is 225 g/mol. The lowest BCUT2D eigenvalue weighted by Crippen LogP contribution is -2.12. The third-order valence-corrected chi connectivity index (χ3v) is 1.91. The number of halogens is 2. The van der Waals surface area contributed by atoms with E-state index < -0.39 is 0 Å². The first-order valence-electron chi connectivity index (χ1n) is 4.07. The predicted octanol–water partition coefficient (Wildman–Crippen LogP) is 2.09. The molecule has 4 nitrogen and oxygen atoms in total. The Balaban J connectivity index is 2.44. The van der Waals surface area contributed by atoms with Gasteiger partial charge in [-0.1, -0.05) is 11.6 Å². The second kappa shape index (κ2) is 5.78. The van der Waals surface area contributed by atoms with Crippen LogP contribution in [0.1, 0.15) is 12.8 Å². The molecule has 0 saturated heterocycles. The number of nitrogens with zero attached hydrogens (tertiary/aromatic N) is 2. The quantitative estimate of drug-likeness (QED) is 0.811. The molecule has 0 bridgehead atoms. The minimum atomic E-state index is -0.123. The fraction of sp³-hybridized carbons (Fsp3) is 0.375. The summed E-state index contributed by atoms with van der Waals surface area (Å²) in [4.78, 5) is 11.2. The van der Waals surface area contributed by atoms with Crippen LogP contribution in [-0.2, 0) is 4.79 Å². The molecule has 0 unspecified atom stereocenters. The van der Waals surface area contributed by atoms with E-state index in [2.05, 4.69) is 15.5 Å². The molecule has 0 aromatic carbocycles. The fourth-order valence-electron chi connectivity index (χ4n) is 0.815. The normalized spacial score (nSPS) is 9.86. The molecule has 1 aromatic heterocycles. The summed E-state index contributed by atoms with van der Waals surface area (Å²) in [6.45, 7) is 0. The highest BCUT2D eigenvalue weighted by molar-refractivity contribution is 6.29. The summed E-state index contributed by atoms with van der Waals surface area (Å²) < 4.78 is 0. The molecule has 1 N–H and O–H groups in total. The fourth-order valence-corrected chi connectivity index (χ4v) is 1.05. The van der Waals surface area contributed by atoms with Gasteiger partial charge in [0.05, 0.1) is 0 Å². The van der Waals surface area contributed by atoms with Crippen LogP contribution >= 0.6 is 23.2 Å². The van der Waals surface area contributed by atoms with Gasteiger partial charge in [0.25, 0.3) is 0 Å². The molecule has 1 rings (SSSR count). The second-order valence-corrected chi connectivity index (χ2v) is 3.35. The van der Waals surface area contributed by atoms with Crippen molar-refractivity contribution in [2.45, 2.75) is 12.8 Å². The highest BCUT2D eigenvalue weighted by Gasteiger charge is 2.02. The Morgan fingerprint density at radius 3 is 2.79 bits per heavy atom. The molecule has 0 saturated carbocycles. The van der Waals surface area contributed by atoms with E-state index in [1.165, 1.54) is 0 Å². The summed E-state index contributed by atoms with van der Waals surface area (Å²) in [7, 11) is 0. The van der Waals surface area contributed by atoms with Gasteiger partial charge in [-0.15, -0.1) is 21.8 Å². The molecule has 0 aliphatic heterocycles. The molecule has 1 heterocycles. The van der Waals surface area contributed by atoms with Gasteiger partial charge in [-0.3, -0.25) is 4.79 Å². The lowest BCUT2D eigenvalue weighted by Gasteiger charge is -2.01. The van der Waals surface area contributed by atoms with E-state index in [0.29, 0.717) is 29.7 Å². The number of alkyl halides is 1. The van der Waals surface area contributed by atoms with Gasteiger partial charge >= 0.3 is 0 Å². The Labute approximate surface area is 91.6 Å². The molecule has 0 radical (unpaired) electrons. The molecule has 1 amide bonds. The molecule has 6 heteroatoms. The Bertz CT molecular complexity index is 302. The molecule has 0 aliphatic rings. The molecular formula is C8H9Cl2N3O. The van der Waals surface area contributed by atoms with Crippen molar-refractivity contribution in [1.82, 2.24) is 10.2 Å². The number of aromatic nitrogens is 2. The van der Waals surface area contributed by atoms with Gasteiger partial charge in [-0.2, -0.15) is 0 Å². The number of amides is 1. The van der Waals surface area contributed by atoms with Gasteiger partial charge in [-0.25, -0.2) is 0 Å². The second-order valence-electron chi connectivity index (χ2n) is 2.58. The Morgan fingerprint density at radius 2 is 2.21 bits per heavy atom. The van der Waals surface area contributed by atoms with Crippen LogP contribution in [0.25, 0.3) is 0 Å². The number of carbonyl (C=O) groups excluding carboxylic acids is 1. The maximum Gasteiger partial charge on any atom is 0.225 e. The van der Waals surface area contributed by atoms with Crippen molar-refractivity contribution in [1.29, 1.82) is 0 Å². The number of anilines is 1. The van der Waals surface area contributed by atoms with E-state index in [1.807, 2.05) is 0 Å². The number of hydrogen-bond donors (Lipinski definition) is 1. The van der Waals surface area contributed by atoms with Crippen molar-refractivity contribution >= 4 is 34.9 Å². The van der Waals surface area contributed by atoms with Crippen LogP contribution in [0.4, 0.5) is 5.82 Å². The van der Waals surface area contributed by atoms with E-state index >= 15 is 0 Å². The molecule has 0 aliphatic carbocycles. The van der Waals surface area contributed by atoms with Crippen LogP contribution < -0.4 is 5.32 Å². The topological polar surface area (TPSA) is 54.9 Å². The molecule has 0 spiro atoms. The van der Waals surface area contributed by atoms with Crippen molar-refractivity contribution in [3.05, 3.63) is 17.3 Å². The van der Waals surface area contributed by atoms with E-state index in [1.54, 1.807) is 12.1 Å². The van der Waals surface area contributed by atoms with Crippen molar-refractivity contribution in [3.63, 3.8) is 0 Å². The van der Waals surface area contributed by atoms with E-state index in [4.69, 9.17) is 23.2 Å². The largest absolute Gasteiger partial charge is 0.309 e. The van der Waals surface area contributed by atoms with Gasteiger partial charge in [0, 0.05) is 12.3 Å². The molecule has 0 atom stereocenters. The van der Waals surface area contributed by atoms with Crippen LogP contribution in [0.5, 0.6) is 0 Å². The summed E-state index contributed by atoms with van der Waals surface area (Å²) >= 11 is 11.0. The summed E-state index contributed by atoms with van der Waals surface area (Å²) in [6, 6.07) is 3.15. The van der Waals surface area contributed by atoms with E-state index in [-0.39, 0.29) is 5.91 Å². The van der Waals surface area contributed by atoms with Gasteiger partial charge in [0.1, 0.15) is 0 Å². The average Bonchev–Trinajstić information content (AvgIpc) is 2.18. The average molecular weight is 234 g/mol. The minimum Gasteiger partial charge on any atom is -0.309 e. The van der Waals surface area contributed by atoms with Gasteiger partial charge in [0.15, 0.2) is 11.0 Å². The monoisotopic (exact) mass is 233 g/mol. The first kappa shape index (κ1) is 11.2. The standard InChI is InChI=1S/C8H9Cl2N3O/c9-5-1-2-8(14)11-7-4-3-6(10)12-13-7/h3-4H,1-2,5H2,(H,11,13,14). The zero-order chi connectivity index (χ0) is 10.4. The third-order valence-electron chi connectivity index (χ3n) is 1.44. The molecule has 1 aromatic rings. The van der Waals surface area contributed by atoms with Crippen molar-refractivity contribution < 1.29 is 4.79 Å². The summed E-state index contributed by atoms with van der Waals surface area (Å²) in [6.07, 6.45) is 1.03. The summed E-state index contributed by atoms with van der Waals surface area (Å²) in [5, 5.41) is 10.1. The Morgan fingerprint density at radius 1 is 1.43 bits per heavy atom. The minimum absolute atomic E-state index is 0.123. The van der Waals surface area contributed by atoms with Gasteiger partial charge < -0.3 is 5.32 Å². The third kappa shape index (κ3) is 3.89. The Kier molecular flexibility index (Phi) is 4.62. The predicted molar refractivity (Wildman–Crippen MR) is 55.6 cm³/mol. The first-order valence-corrected chi connectivity index (χ1v) is 4.98. The van der Waals surface area contributed by atoms with Crippen molar-refractivity contribution in [2.75, 3.05) is 11.2 Å². The SMILES string of the molecule is O=C(CCCCl)Nc1ccc(Cl)nn1. The van der Waals surface area contributed by atoms with Crippen LogP contribution in [0.2, 0.25) is 5.15 Å². The number of hydrogen-bond acceptors (Lipinski definition) is 3. The zero-order valence-corrected chi connectivity index (χ0v) is 8.85. The number of nitrogens with one attached hydrogen (secondary N) is 1. The maximum atomic E-state index is 11.2. The van der Waals surface area contributed by atoms with Crippen LogP contribution in [0.15, 0.2) is 12.1 Å². The molecule has 0 fully saturated rings. The van der Waals surface area contributed by atoms with Gasteiger partial charge in [0.2, 0.25) is 5.91 Å². The highest BCUT2D eigenvalue weighted by Crippen LogP contribution is 2.06. The number of carbonyl (C=O) groups is 1. The zero-order valence-electron chi connectivity index (χ0n) is 7.33. The summed E-state index contributed by atoms with van der Waals surface area (Å²) in [5.74, 6) is 0.746. The lowest BCUT2D eigenvalue weighted by atomic mass is 10.3.